The predicted octanol–water partition coefficient (Wildman–Crippen LogP) is 4.90. The van der Waals surface area contributed by atoms with Crippen molar-refractivity contribution in [1.82, 2.24) is 0 Å². The molecular weight excluding hydrogens is 310 g/mol. The van der Waals surface area contributed by atoms with E-state index in [1.165, 1.54) is 12.8 Å². The summed E-state index contributed by atoms with van der Waals surface area (Å²) in [5.41, 5.74) is 0. The summed E-state index contributed by atoms with van der Waals surface area (Å²) < 4.78 is 21.5. The first-order valence-electron chi connectivity index (χ1n) is 8.45. The Labute approximate surface area is 159 Å². The molecule has 0 atom stereocenters. The Morgan fingerprint density at radius 1 is 0.773 bits per heavy atom. The molecule has 0 spiro atoms. The van der Waals surface area contributed by atoms with Gasteiger partial charge in [-0.05, 0) is 24.7 Å². The maximum absolute atomic E-state index is 11.6. The van der Waals surface area contributed by atoms with E-state index in [-0.39, 0.29) is 29.6 Å². The third kappa shape index (κ3) is 19.2. The zero-order valence-electron chi connectivity index (χ0n) is 14.3. The van der Waals surface area contributed by atoms with Crippen molar-refractivity contribution in [3.8, 4) is 0 Å². The van der Waals surface area contributed by atoms with Gasteiger partial charge < -0.3 is 4.89 Å². The molecule has 0 aliphatic heterocycles. The van der Waals surface area contributed by atoms with E-state index in [1.54, 1.807) is 0 Å². The van der Waals surface area contributed by atoms with Gasteiger partial charge in [-0.2, -0.15) is 0 Å². The molecule has 0 saturated carbocycles. The fourth-order valence-electron chi connectivity index (χ4n) is 2.06. The van der Waals surface area contributed by atoms with Crippen LogP contribution in [0.5, 0.6) is 0 Å². The van der Waals surface area contributed by atoms with Crippen molar-refractivity contribution in [2.45, 2.75) is 79.1 Å². The van der Waals surface area contributed by atoms with Crippen LogP contribution in [-0.2, 0) is 13.6 Å². The molecule has 4 nitrogen and oxygen atoms in total. The van der Waals surface area contributed by atoms with Crippen LogP contribution in [-0.4, -0.2) is 47.7 Å². The summed E-state index contributed by atoms with van der Waals surface area (Å²) in [6.45, 7) is 9.42. The molecule has 0 bridgehead atoms. The van der Waals surface area contributed by atoms with Gasteiger partial charge in [0.15, 0.2) is 0 Å². The average molecular weight is 346 g/mol. The van der Waals surface area contributed by atoms with Gasteiger partial charge in [0.1, 0.15) is 0 Å². The predicted molar refractivity (Wildman–Crippen MR) is 95.5 cm³/mol. The molecule has 0 heterocycles. The quantitative estimate of drug-likeness (QED) is 0.276. The van der Waals surface area contributed by atoms with Crippen LogP contribution < -0.4 is 0 Å². The molecule has 6 heteroatoms. The van der Waals surface area contributed by atoms with Crippen LogP contribution in [0.15, 0.2) is 0 Å². The first kappa shape index (κ1) is 25.4. The Balaban J connectivity index is 0. The Morgan fingerprint density at radius 2 is 1.14 bits per heavy atom. The summed E-state index contributed by atoms with van der Waals surface area (Å²) in [4.78, 5) is 9.52. The molecule has 0 aromatic rings. The molecule has 0 amide bonds. The van der Waals surface area contributed by atoms with Gasteiger partial charge in [0.05, 0.1) is 13.2 Å². The molecular formula is C16H36NaO4P. The van der Waals surface area contributed by atoms with E-state index >= 15 is 0 Å². The third-order valence-corrected chi connectivity index (χ3v) is 4.38. The van der Waals surface area contributed by atoms with Gasteiger partial charge in [-0.15, -0.1) is 0 Å². The van der Waals surface area contributed by atoms with E-state index in [0.717, 1.165) is 38.5 Å². The van der Waals surface area contributed by atoms with Crippen molar-refractivity contribution in [2.24, 2.45) is 11.8 Å². The zero-order valence-corrected chi connectivity index (χ0v) is 15.2. The molecule has 0 aromatic carbocycles. The Morgan fingerprint density at radius 3 is 1.45 bits per heavy atom. The van der Waals surface area contributed by atoms with Gasteiger partial charge in [0, 0.05) is 0 Å². The van der Waals surface area contributed by atoms with Crippen LogP contribution >= 0.6 is 7.82 Å². The monoisotopic (exact) mass is 346 g/mol. The summed E-state index contributed by atoms with van der Waals surface area (Å²) in [6, 6.07) is 0. The average Bonchev–Trinajstić information content (AvgIpc) is 2.37. The molecule has 0 aromatic heterocycles. The van der Waals surface area contributed by atoms with E-state index in [1.807, 2.05) is 0 Å². The fourth-order valence-corrected chi connectivity index (χ4v) is 2.85. The number of phosphoric acid groups is 1. The normalized spacial score (nSPS) is 12.0. The fraction of sp³-hybridized carbons (Fsp3) is 1.00. The maximum atomic E-state index is 11.6. The van der Waals surface area contributed by atoms with Gasteiger partial charge in [0.2, 0.25) is 0 Å². The standard InChI is InChI=1S/C16H35O4P.Na.H/c1-15(2)11-7-5-9-13-19-21(17,18)20-14-10-6-8-12-16(3)4;;/h15-16H,5-14H2,1-4H3,(H,17,18);;. The summed E-state index contributed by atoms with van der Waals surface area (Å²) in [7, 11) is -3.83. The van der Waals surface area contributed by atoms with E-state index in [9.17, 15) is 9.46 Å². The molecule has 0 rings (SSSR count). The number of hydrogen-bond acceptors (Lipinski definition) is 3. The van der Waals surface area contributed by atoms with Gasteiger partial charge in [-0.25, -0.2) is 4.57 Å². The van der Waals surface area contributed by atoms with Crippen molar-refractivity contribution in [3.05, 3.63) is 0 Å². The number of unbranched alkanes of at least 4 members (excludes halogenated alkanes) is 4. The van der Waals surface area contributed by atoms with Crippen LogP contribution in [0.3, 0.4) is 0 Å². The van der Waals surface area contributed by atoms with Crippen LogP contribution in [0.2, 0.25) is 0 Å². The number of phosphoric ester groups is 1. The molecule has 0 aliphatic carbocycles. The molecule has 0 unspecified atom stereocenters. The van der Waals surface area contributed by atoms with E-state index in [0.29, 0.717) is 25.0 Å². The Hall–Kier alpha value is 1.11. The number of rotatable bonds is 14. The zero-order chi connectivity index (χ0) is 16.1. The third-order valence-electron chi connectivity index (χ3n) is 3.36. The van der Waals surface area contributed by atoms with Crippen LogP contribution in [0, 0.1) is 11.8 Å². The minimum absolute atomic E-state index is 0. The summed E-state index contributed by atoms with van der Waals surface area (Å²) in [5.74, 6) is 1.43. The summed E-state index contributed by atoms with van der Waals surface area (Å²) in [6.07, 6.45) is 8.39. The molecule has 0 fully saturated rings. The van der Waals surface area contributed by atoms with Crippen molar-refractivity contribution in [1.29, 1.82) is 0 Å². The molecule has 0 saturated heterocycles. The first-order valence-corrected chi connectivity index (χ1v) is 9.95. The molecule has 0 radical (unpaired) electrons. The van der Waals surface area contributed by atoms with Crippen LogP contribution in [0.1, 0.15) is 79.1 Å². The van der Waals surface area contributed by atoms with Gasteiger partial charge in [-0.3, -0.25) is 9.05 Å². The SMILES string of the molecule is CC(C)CCCCCOP(=O)(O)OCCCCCC(C)C.[NaH]. The Bertz CT molecular complexity index is 261. The van der Waals surface area contributed by atoms with Crippen molar-refractivity contribution in [2.75, 3.05) is 13.2 Å². The first-order chi connectivity index (χ1) is 9.83. The Kier molecular flexibility index (Phi) is 18.0. The van der Waals surface area contributed by atoms with Gasteiger partial charge >= 0.3 is 37.4 Å². The molecule has 22 heavy (non-hydrogen) atoms. The van der Waals surface area contributed by atoms with Gasteiger partial charge in [-0.1, -0.05) is 66.2 Å². The van der Waals surface area contributed by atoms with Gasteiger partial charge in [0.25, 0.3) is 0 Å². The minimum atomic E-state index is -3.83. The van der Waals surface area contributed by atoms with Crippen LogP contribution in [0.4, 0.5) is 0 Å². The second-order valence-corrected chi connectivity index (χ2v) is 8.07. The van der Waals surface area contributed by atoms with Crippen molar-refractivity contribution >= 4 is 37.4 Å². The summed E-state index contributed by atoms with van der Waals surface area (Å²) in [5, 5.41) is 0. The van der Waals surface area contributed by atoms with E-state index in [2.05, 4.69) is 27.7 Å². The van der Waals surface area contributed by atoms with Crippen molar-refractivity contribution < 1.29 is 18.5 Å². The topological polar surface area (TPSA) is 55.8 Å². The summed E-state index contributed by atoms with van der Waals surface area (Å²) >= 11 is 0. The molecule has 0 aliphatic rings. The second kappa shape index (κ2) is 15.6. The van der Waals surface area contributed by atoms with Crippen molar-refractivity contribution in [3.63, 3.8) is 0 Å². The van der Waals surface area contributed by atoms with Crippen LogP contribution in [0.25, 0.3) is 0 Å². The molecule has 130 valence electrons. The van der Waals surface area contributed by atoms with E-state index in [4.69, 9.17) is 9.05 Å². The molecule has 1 N–H and O–H groups in total. The van der Waals surface area contributed by atoms with E-state index < -0.39 is 7.82 Å². The number of hydrogen-bond donors (Lipinski definition) is 1. The second-order valence-electron chi connectivity index (χ2n) is 6.62.